The number of para-hydroxylation sites is 1. The zero-order valence-corrected chi connectivity index (χ0v) is 10.3. The van der Waals surface area contributed by atoms with Crippen LogP contribution in [0.2, 0.25) is 5.02 Å². The second kappa shape index (κ2) is 5.45. The van der Waals surface area contributed by atoms with E-state index >= 15 is 0 Å². The monoisotopic (exact) mass is 277 g/mol. The minimum absolute atomic E-state index is 0.0798. The second-order valence-electron chi connectivity index (χ2n) is 3.59. The molecule has 0 aliphatic rings. The number of pyridine rings is 1. The highest BCUT2D eigenvalue weighted by atomic mass is 35.5. The Bertz CT molecular complexity index is 631. The van der Waals surface area contributed by atoms with Crippen molar-refractivity contribution in [1.82, 2.24) is 4.98 Å². The predicted octanol–water partition coefficient (Wildman–Crippen LogP) is 2.90. The Kier molecular flexibility index (Phi) is 3.72. The van der Waals surface area contributed by atoms with E-state index in [0.29, 0.717) is 5.69 Å². The highest BCUT2D eigenvalue weighted by Crippen LogP contribution is 2.28. The molecule has 0 saturated heterocycles. The molecular formula is C12H8ClN3O3. The lowest BCUT2D eigenvalue weighted by molar-refractivity contribution is -0.385. The second-order valence-corrected chi connectivity index (χ2v) is 4.00. The topological polar surface area (TPSA) is 85.1 Å². The van der Waals surface area contributed by atoms with Crippen LogP contribution in [0.15, 0.2) is 42.7 Å². The van der Waals surface area contributed by atoms with Crippen molar-refractivity contribution in [3.63, 3.8) is 0 Å². The summed E-state index contributed by atoms with van der Waals surface area (Å²) in [7, 11) is 0. The molecule has 1 aromatic carbocycles. The van der Waals surface area contributed by atoms with Crippen molar-refractivity contribution < 1.29 is 9.72 Å². The van der Waals surface area contributed by atoms with Crippen molar-refractivity contribution in [2.24, 2.45) is 0 Å². The van der Waals surface area contributed by atoms with Gasteiger partial charge in [0.25, 0.3) is 5.91 Å². The van der Waals surface area contributed by atoms with Crippen LogP contribution >= 0.6 is 11.6 Å². The fourth-order valence-corrected chi connectivity index (χ4v) is 1.76. The van der Waals surface area contributed by atoms with Gasteiger partial charge in [0.2, 0.25) is 0 Å². The fraction of sp³-hybridized carbons (Fsp3) is 0. The number of benzene rings is 1. The molecule has 1 aromatic heterocycles. The van der Waals surface area contributed by atoms with Crippen LogP contribution in [0.4, 0.5) is 11.4 Å². The maximum absolute atomic E-state index is 12.0. The molecule has 0 aliphatic carbocycles. The lowest BCUT2D eigenvalue weighted by Gasteiger charge is -2.05. The van der Waals surface area contributed by atoms with Crippen LogP contribution in [-0.2, 0) is 0 Å². The molecule has 2 rings (SSSR count). The maximum atomic E-state index is 12.0. The number of amides is 1. The molecule has 96 valence electrons. The van der Waals surface area contributed by atoms with Gasteiger partial charge in [0.15, 0.2) is 0 Å². The molecule has 0 radical (unpaired) electrons. The largest absolute Gasteiger partial charge is 0.320 e. The van der Waals surface area contributed by atoms with E-state index in [9.17, 15) is 14.9 Å². The van der Waals surface area contributed by atoms with Crippen LogP contribution in [0.1, 0.15) is 10.4 Å². The molecule has 0 aliphatic heterocycles. The smallest absolute Gasteiger partial charge is 0.300 e. The van der Waals surface area contributed by atoms with Crippen molar-refractivity contribution in [2.75, 3.05) is 5.32 Å². The summed E-state index contributed by atoms with van der Waals surface area (Å²) in [5, 5.41) is 13.4. The molecule has 0 unspecified atom stereocenters. The summed E-state index contributed by atoms with van der Waals surface area (Å²) < 4.78 is 0. The maximum Gasteiger partial charge on any atom is 0.300 e. The van der Waals surface area contributed by atoms with Gasteiger partial charge in [-0.15, -0.1) is 0 Å². The van der Waals surface area contributed by atoms with Gasteiger partial charge in [-0.3, -0.25) is 19.9 Å². The van der Waals surface area contributed by atoms with E-state index in [4.69, 9.17) is 11.6 Å². The molecule has 1 N–H and O–H groups in total. The molecule has 2 aromatic rings. The van der Waals surface area contributed by atoms with Gasteiger partial charge in [-0.05, 0) is 24.3 Å². The van der Waals surface area contributed by atoms with Crippen molar-refractivity contribution in [3.8, 4) is 0 Å². The number of nitro benzene ring substituents is 1. The number of rotatable bonds is 3. The first kappa shape index (κ1) is 13.0. The van der Waals surface area contributed by atoms with Crippen molar-refractivity contribution >= 4 is 28.9 Å². The van der Waals surface area contributed by atoms with Crippen LogP contribution in [0.25, 0.3) is 0 Å². The van der Waals surface area contributed by atoms with Crippen LogP contribution < -0.4 is 5.32 Å². The van der Waals surface area contributed by atoms with Gasteiger partial charge in [0, 0.05) is 6.20 Å². The summed E-state index contributed by atoms with van der Waals surface area (Å²) in [6.45, 7) is 0. The van der Waals surface area contributed by atoms with E-state index in [2.05, 4.69) is 10.3 Å². The third kappa shape index (κ3) is 2.86. The minimum atomic E-state index is -0.680. The van der Waals surface area contributed by atoms with E-state index in [1.54, 1.807) is 18.3 Å². The van der Waals surface area contributed by atoms with Gasteiger partial charge in [-0.1, -0.05) is 17.7 Å². The van der Waals surface area contributed by atoms with Crippen LogP contribution in [-0.4, -0.2) is 15.8 Å². The molecule has 19 heavy (non-hydrogen) atoms. The molecule has 1 heterocycles. The summed E-state index contributed by atoms with van der Waals surface area (Å²) in [5.74, 6) is -0.609. The first-order chi connectivity index (χ1) is 9.09. The predicted molar refractivity (Wildman–Crippen MR) is 70.3 cm³/mol. The molecule has 0 atom stereocenters. The van der Waals surface area contributed by atoms with Gasteiger partial charge >= 0.3 is 5.69 Å². The molecule has 0 bridgehead atoms. The molecule has 0 saturated carbocycles. The number of aromatic nitrogens is 1. The minimum Gasteiger partial charge on any atom is -0.320 e. The Labute approximate surface area is 113 Å². The number of hydrogen-bond donors (Lipinski definition) is 1. The Morgan fingerprint density at radius 2 is 2.11 bits per heavy atom. The molecular weight excluding hydrogens is 270 g/mol. The van der Waals surface area contributed by atoms with E-state index in [-0.39, 0.29) is 10.6 Å². The molecule has 6 nitrogen and oxygen atoms in total. The summed E-state index contributed by atoms with van der Waals surface area (Å²) in [6, 6.07) is 7.45. The number of nitrogens with zero attached hydrogens (tertiary/aromatic N) is 2. The summed E-state index contributed by atoms with van der Waals surface area (Å²) >= 11 is 5.74. The standard InChI is InChI=1S/C12H8ClN3O3/c13-10-5-1-4-9(11(10)16(18)19)12(17)15-8-3-2-6-14-7-8/h1-7H,(H,15,17). The number of anilines is 1. The number of nitro groups is 1. The summed E-state index contributed by atoms with van der Waals surface area (Å²) in [5.41, 5.74) is -0.0614. The number of nitrogens with one attached hydrogen (secondary N) is 1. The zero-order chi connectivity index (χ0) is 13.8. The number of carbonyl (C=O) groups is 1. The van der Waals surface area contributed by atoms with Gasteiger partial charge < -0.3 is 5.32 Å². The molecule has 7 heteroatoms. The highest BCUT2D eigenvalue weighted by molar-refractivity contribution is 6.33. The van der Waals surface area contributed by atoms with Gasteiger partial charge in [0.05, 0.1) is 16.8 Å². The Balaban J connectivity index is 2.35. The van der Waals surface area contributed by atoms with E-state index in [1.807, 2.05) is 0 Å². The van der Waals surface area contributed by atoms with E-state index in [1.165, 1.54) is 24.4 Å². The lowest BCUT2D eigenvalue weighted by atomic mass is 10.1. The molecule has 0 spiro atoms. The van der Waals surface area contributed by atoms with Crippen LogP contribution in [0.3, 0.4) is 0 Å². The summed E-state index contributed by atoms with van der Waals surface area (Å²) in [6.07, 6.45) is 2.99. The first-order valence-electron chi connectivity index (χ1n) is 5.24. The fourth-order valence-electron chi connectivity index (χ4n) is 1.52. The Morgan fingerprint density at radius 3 is 2.74 bits per heavy atom. The van der Waals surface area contributed by atoms with E-state index in [0.717, 1.165) is 0 Å². The average Bonchev–Trinajstić information content (AvgIpc) is 2.39. The van der Waals surface area contributed by atoms with Crippen molar-refractivity contribution in [1.29, 1.82) is 0 Å². The third-order valence-electron chi connectivity index (χ3n) is 2.33. The number of carbonyl (C=O) groups excluding carboxylic acids is 1. The van der Waals surface area contributed by atoms with Gasteiger partial charge in [-0.25, -0.2) is 0 Å². The highest BCUT2D eigenvalue weighted by Gasteiger charge is 2.23. The third-order valence-corrected chi connectivity index (χ3v) is 2.64. The number of halogens is 1. The Hall–Kier alpha value is -2.47. The SMILES string of the molecule is O=C(Nc1cccnc1)c1cccc(Cl)c1[N+](=O)[O-]. The quantitative estimate of drug-likeness (QED) is 0.690. The average molecular weight is 278 g/mol. The van der Waals surface area contributed by atoms with Crippen LogP contribution in [0.5, 0.6) is 0 Å². The Morgan fingerprint density at radius 1 is 1.32 bits per heavy atom. The summed E-state index contributed by atoms with van der Waals surface area (Å²) in [4.78, 5) is 26.1. The van der Waals surface area contributed by atoms with Gasteiger partial charge in [0.1, 0.15) is 10.6 Å². The van der Waals surface area contributed by atoms with Gasteiger partial charge in [-0.2, -0.15) is 0 Å². The van der Waals surface area contributed by atoms with Crippen molar-refractivity contribution in [3.05, 3.63) is 63.4 Å². The lowest BCUT2D eigenvalue weighted by Crippen LogP contribution is -2.14. The molecule has 1 amide bonds. The van der Waals surface area contributed by atoms with Crippen molar-refractivity contribution in [2.45, 2.75) is 0 Å². The van der Waals surface area contributed by atoms with E-state index < -0.39 is 16.5 Å². The first-order valence-corrected chi connectivity index (χ1v) is 5.61. The normalized spacial score (nSPS) is 9.95. The number of hydrogen-bond acceptors (Lipinski definition) is 4. The molecule has 0 fully saturated rings. The van der Waals surface area contributed by atoms with Crippen LogP contribution in [0, 0.1) is 10.1 Å². The zero-order valence-electron chi connectivity index (χ0n) is 9.54.